The highest BCUT2D eigenvalue weighted by Crippen LogP contribution is 2.23. The molecule has 0 fully saturated rings. The number of halogens is 2. The predicted octanol–water partition coefficient (Wildman–Crippen LogP) is 2.70. The Kier molecular flexibility index (Phi) is 3.00. The van der Waals surface area contributed by atoms with Gasteiger partial charge in [0.2, 0.25) is 5.95 Å². The molecule has 1 heterocycles. The highest BCUT2D eigenvalue weighted by molar-refractivity contribution is 9.10. The molecule has 1 aromatic heterocycles. The Morgan fingerprint density at radius 2 is 1.94 bits per heavy atom. The maximum atomic E-state index is 12.7. The lowest BCUT2D eigenvalue weighted by atomic mass is 10.3. The molecule has 0 aliphatic rings. The number of benzene rings is 1. The molecule has 0 bridgehead atoms. The van der Waals surface area contributed by atoms with Gasteiger partial charge in [0.15, 0.2) is 0 Å². The van der Waals surface area contributed by atoms with E-state index >= 15 is 0 Å². The number of anilines is 3. The van der Waals surface area contributed by atoms with Crippen LogP contribution in [0.1, 0.15) is 0 Å². The van der Waals surface area contributed by atoms with Gasteiger partial charge in [-0.15, -0.1) is 0 Å². The highest BCUT2D eigenvalue weighted by atomic mass is 79.9. The van der Waals surface area contributed by atoms with E-state index in [1.165, 1.54) is 12.1 Å². The first kappa shape index (κ1) is 10.8. The summed E-state index contributed by atoms with van der Waals surface area (Å²) < 4.78 is 13.4. The summed E-state index contributed by atoms with van der Waals surface area (Å²) in [4.78, 5) is 7.82. The van der Waals surface area contributed by atoms with Crippen LogP contribution in [0.4, 0.5) is 21.8 Å². The third-order valence-corrected chi connectivity index (χ3v) is 2.45. The lowest BCUT2D eigenvalue weighted by Gasteiger charge is -2.07. The zero-order valence-corrected chi connectivity index (χ0v) is 9.70. The van der Waals surface area contributed by atoms with Crippen LogP contribution in [0.5, 0.6) is 0 Å². The molecule has 6 heteroatoms. The van der Waals surface area contributed by atoms with Crippen LogP contribution in [-0.2, 0) is 0 Å². The van der Waals surface area contributed by atoms with E-state index in [1.54, 1.807) is 18.3 Å². The van der Waals surface area contributed by atoms with Gasteiger partial charge >= 0.3 is 0 Å². The summed E-state index contributed by atoms with van der Waals surface area (Å²) in [6.45, 7) is 0. The van der Waals surface area contributed by atoms with Gasteiger partial charge < -0.3 is 11.1 Å². The summed E-state index contributed by atoms with van der Waals surface area (Å²) in [6, 6.07) is 5.95. The molecule has 2 aromatic rings. The average Bonchev–Trinajstić information content (AvgIpc) is 2.27. The maximum Gasteiger partial charge on any atom is 0.222 e. The maximum absolute atomic E-state index is 12.7. The number of nitrogens with two attached hydrogens (primary N) is 1. The molecule has 0 saturated heterocycles. The monoisotopic (exact) mass is 282 g/mol. The topological polar surface area (TPSA) is 63.8 Å². The fourth-order valence-electron chi connectivity index (χ4n) is 1.14. The molecule has 16 heavy (non-hydrogen) atoms. The highest BCUT2D eigenvalue weighted by Gasteiger charge is 2.03. The van der Waals surface area contributed by atoms with Crippen LogP contribution in [0.15, 0.2) is 34.9 Å². The number of rotatable bonds is 2. The largest absolute Gasteiger partial charge is 0.368 e. The third kappa shape index (κ3) is 2.46. The van der Waals surface area contributed by atoms with E-state index in [0.29, 0.717) is 10.3 Å². The van der Waals surface area contributed by atoms with Crippen molar-refractivity contribution in [1.29, 1.82) is 0 Å². The number of nitrogen functional groups attached to an aromatic ring is 1. The van der Waals surface area contributed by atoms with Crippen molar-refractivity contribution < 1.29 is 4.39 Å². The van der Waals surface area contributed by atoms with E-state index in [2.05, 4.69) is 31.2 Å². The zero-order chi connectivity index (χ0) is 11.5. The first-order valence-corrected chi connectivity index (χ1v) is 5.25. The Morgan fingerprint density at radius 3 is 2.62 bits per heavy atom. The normalized spacial score (nSPS) is 10.1. The van der Waals surface area contributed by atoms with Crippen LogP contribution < -0.4 is 11.1 Å². The molecule has 0 unspecified atom stereocenters. The second-order valence-corrected chi connectivity index (χ2v) is 3.91. The van der Waals surface area contributed by atoms with Crippen molar-refractivity contribution in [2.45, 2.75) is 0 Å². The number of hydrogen-bond donors (Lipinski definition) is 2. The molecule has 0 aliphatic carbocycles. The van der Waals surface area contributed by atoms with E-state index in [-0.39, 0.29) is 11.8 Å². The number of aromatic nitrogens is 2. The molecule has 4 nitrogen and oxygen atoms in total. The van der Waals surface area contributed by atoms with Crippen molar-refractivity contribution in [3.05, 3.63) is 40.8 Å². The van der Waals surface area contributed by atoms with Gasteiger partial charge in [0.25, 0.3) is 0 Å². The van der Waals surface area contributed by atoms with Crippen molar-refractivity contribution >= 4 is 33.4 Å². The second-order valence-electron chi connectivity index (χ2n) is 3.06. The van der Waals surface area contributed by atoms with E-state index in [4.69, 9.17) is 5.73 Å². The van der Waals surface area contributed by atoms with Gasteiger partial charge in [0.05, 0.1) is 4.47 Å². The summed E-state index contributed by atoms with van der Waals surface area (Å²) in [5.74, 6) is 0.429. The van der Waals surface area contributed by atoms with Crippen LogP contribution in [0, 0.1) is 5.82 Å². The molecule has 0 atom stereocenters. The summed E-state index contributed by atoms with van der Waals surface area (Å²) in [7, 11) is 0. The van der Waals surface area contributed by atoms with Gasteiger partial charge in [0, 0.05) is 11.9 Å². The SMILES string of the molecule is Nc1ncc(Br)c(Nc2ccc(F)cc2)n1. The first-order valence-electron chi connectivity index (χ1n) is 4.46. The molecular weight excluding hydrogens is 275 g/mol. The van der Waals surface area contributed by atoms with Crippen LogP contribution >= 0.6 is 15.9 Å². The minimum absolute atomic E-state index is 0.174. The van der Waals surface area contributed by atoms with E-state index in [9.17, 15) is 4.39 Å². The molecule has 0 amide bonds. The molecule has 0 radical (unpaired) electrons. The lowest BCUT2D eigenvalue weighted by Crippen LogP contribution is -2.00. The summed E-state index contributed by atoms with van der Waals surface area (Å²) in [5, 5.41) is 3.00. The fourth-order valence-corrected chi connectivity index (χ4v) is 1.43. The molecule has 3 N–H and O–H groups in total. The molecule has 2 rings (SSSR count). The van der Waals surface area contributed by atoms with Gasteiger partial charge in [-0.1, -0.05) is 0 Å². The van der Waals surface area contributed by atoms with Gasteiger partial charge in [-0.2, -0.15) is 4.98 Å². The Bertz CT molecular complexity index is 501. The van der Waals surface area contributed by atoms with Gasteiger partial charge in [-0.3, -0.25) is 0 Å². The van der Waals surface area contributed by atoms with Gasteiger partial charge in [-0.25, -0.2) is 9.37 Å². The Balaban J connectivity index is 2.26. The van der Waals surface area contributed by atoms with E-state index in [0.717, 1.165) is 5.69 Å². The Morgan fingerprint density at radius 1 is 1.25 bits per heavy atom. The Labute approximate surface area is 99.9 Å². The zero-order valence-electron chi connectivity index (χ0n) is 8.11. The first-order chi connectivity index (χ1) is 7.65. The van der Waals surface area contributed by atoms with Crippen molar-refractivity contribution in [2.24, 2.45) is 0 Å². The number of nitrogens with one attached hydrogen (secondary N) is 1. The molecule has 1 aromatic carbocycles. The van der Waals surface area contributed by atoms with E-state index < -0.39 is 0 Å². The summed E-state index contributed by atoms with van der Waals surface area (Å²) in [6.07, 6.45) is 1.55. The minimum Gasteiger partial charge on any atom is -0.368 e. The average molecular weight is 283 g/mol. The molecule has 82 valence electrons. The minimum atomic E-state index is -0.285. The quantitative estimate of drug-likeness (QED) is 0.889. The van der Waals surface area contributed by atoms with Crippen LogP contribution in [0.2, 0.25) is 0 Å². The lowest BCUT2D eigenvalue weighted by molar-refractivity contribution is 0.628. The molecule has 0 spiro atoms. The third-order valence-electron chi connectivity index (χ3n) is 1.87. The summed E-state index contributed by atoms with van der Waals surface area (Å²) >= 11 is 3.29. The second kappa shape index (κ2) is 4.44. The van der Waals surface area contributed by atoms with Gasteiger partial charge in [0.1, 0.15) is 11.6 Å². The summed E-state index contributed by atoms with van der Waals surface area (Å²) in [5.41, 5.74) is 6.18. The van der Waals surface area contributed by atoms with Crippen LogP contribution in [0.3, 0.4) is 0 Å². The van der Waals surface area contributed by atoms with Gasteiger partial charge in [-0.05, 0) is 40.2 Å². The predicted molar refractivity (Wildman–Crippen MR) is 63.8 cm³/mol. The van der Waals surface area contributed by atoms with Crippen LogP contribution in [0.25, 0.3) is 0 Å². The Hall–Kier alpha value is -1.69. The van der Waals surface area contributed by atoms with Crippen molar-refractivity contribution in [3.8, 4) is 0 Å². The van der Waals surface area contributed by atoms with Crippen molar-refractivity contribution in [3.63, 3.8) is 0 Å². The van der Waals surface area contributed by atoms with E-state index in [1.807, 2.05) is 0 Å². The smallest absolute Gasteiger partial charge is 0.222 e. The standard InChI is InChI=1S/C10H8BrFN4/c11-8-5-14-10(13)16-9(8)15-7-3-1-6(12)2-4-7/h1-5H,(H3,13,14,15,16). The number of nitrogens with zero attached hydrogens (tertiary/aromatic N) is 2. The molecule has 0 saturated carbocycles. The number of hydrogen-bond acceptors (Lipinski definition) is 4. The molecule has 0 aliphatic heterocycles. The molecular formula is C10H8BrFN4. The van der Waals surface area contributed by atoms with Crippen molar-refractivity contribution in [1.82, 2.24) is 9.97 Å². The van der Waals surface area contributed by atoms with Crippen LogP contribution in [-0.4, -0.2) is 9.97 Å². The van der Waals surface area contributed by atoms with Crippen molar-refractivity contribution in [2.75, 3.05) is 11.1 Å². The fraction of sp³-hybridized carbons (Fsp3) is 0.